The molecule has 0 unspecified atom stereocenters. The second-order valence-corrected chi connectivity index (χ2v) is 4.47. The van der Waals surface area contributed by atoms with E-state index in [4.69, 9.17) is 4.74 Å². The molecule has 0 aliphatic rings. The van der Waals surface area contributed by atoms with Gasteiger partial charge in [0.2, 0.25) is 0 Å². The Morgan fingerprint density at radius 2 is 1.47 bits per heavy atom. The molecule has 0 bridgehead atoms. The third-order valence-electron chi connectivity index (χ3n) is 2.42. The smallest absolute Gasteiger partial charge is 0.306 e. The first-order chi connectivity index (χ1) is 7.92. The number of rotatable bonds is 8. The van der Waals surface area contributed by atoms with Crippen LogP contribution in [0.5, 0.6) is 0 Å². The molecule has 0 fully saturated rings. The van der Waals surface area contributed by atoms with Crippen LogP contribution >= 0.6 is 0 Å². The molecule has 0 aromatic heterocycles. The molecule has 0 aliphatic heterocycles. The quantitative estimate of drug-likeness (QED) is 0.483. The first kappa shape index (κ1) is 15.8. The Morgan fingerprint density at radius 3 is 1.82 bits per heavy atom. The maximum atomic E-state index is 11.6. The summed E-state index contributed by atoms with van der Waals surface area (Å²) in [6.45, 7) is 7.57. The van der Waals surface area contributed by atoms with Crippen LogP contribution in [0.4, 0.5) is 0 Å². The molecule has 17 heavy (non-hydrogen) atoms. The van der Waals surface area contributed by atoms with E-state index in [1.807, 2.05) is 13.8 Å². The predicted octanol–water partition coefficient (Wildman–Crippen LogP) is 2.15. The SMILES string of the molecule is CCC(=O)C(CC(=O)OCC(C)C)C(=O)CC. The lowest BCUT2D eigenvalue weighted by Gasteiger charge is -2.13. The summed E-state index contributed by atoms with van der Waals surface area (Å²) in [4.78, 5) is 34.6. The van der Waals surface area contributed by atoms with Crippen LogP contribution in [0.3, 0.4) is 0 Å². The topological polar surface area (TPSA) is 60.4 Å². The van der Waals surface area contributed by atoms with Gasteiger partial charge in [0, 0.05) is 12.8 Å². The number of carbonyl (C=O) groups is 3. The van der Waals surface area contributed by atoms with Gasteiger partial charge in [0.15, 0.2) is 0 Å². The first-order valence-corrected chi connectivity index (χ1v) is 6.13. The average Bonchev–Trinajstić information content (AvgIpc) is 2.31. The fourth-order valence-corrected chi connectivity index (χ4v) is 1.39. The van der Waals surface area contributed by atoms with Crippen LogP contribution in [0.25, 0.3) is 0 Å². The van der Waals surface area contributed by atoms with Crippen molar-refractivity contribution < 1.29 is 19.1 Å². The van der Waals surface area contributed by atoms with E-state index >= 15 is 0 Å². The molecule has 0 aromatic carbocycles. The van der Waals surface area contributed by atoms with Gasteiger partial charge >= 0.3 is 5.97 Å². The minimum absolute atomic E-state index is 0.119. The summed E-state index contributed by atoms with van der Waals surface area (Å²) in [5, 5.41) is 0. The van der Waals surface area contributed by atoms with Crippen LogP contribution in [-0.2, 0) is 19.1 Å². The van der Waals surface area contributed by atoms with E-state index < -0.39 is 11.9 Å². The number of ether oxygens (including phenoxy) is 1. The molecule has 0 heterocycles. The Labute approximate surface area is 103 Å². The standard InChI is InChI=1S/C13H22O4/c1-5-11(14)10(12(15)6-2)7-13(16)17-8-9(3)4/h9-10H,5-8H2,1-4H3. The number of hydrogen-bond acceptors (Lipinski definition) is 4. The molecule has 0 atom stereocenters. The molecule has 0 rings (SSSR count). The fraction of sp³-hybridized carbons (Fsp3) is 0.769. The third-order valence-corrected chi connectivity index (χ3v) is 2.42. The number of Topliss-reactive ketones (excluding diaryl/α,β-unsaturated/α-hetero) is 2. The van der Waals surface area contributed by atoms with Crippen LogP contribution < -0.4 is 0 Å². The van der Waals surface area contributed by atoms with Gasteiger partial charge in [-0.1, -0.05) is 27.7 Å². The Morgan fingerprint density at radius 1 is 1.00 bits per heavy atom. The van der Waals surface area contributed by atoms with Crippen LogP contribution in [0.2, 0.25) is 0 Å². The Hall–Kier alpha value is -1.19. The Balaban J connectivity index is 4.38. The highest BCUT2D eigenvalue weighted by molar-refractivity contribution is 6.04. The van der Waals surface area contributed by atoms with Gasteiger partial charge < -0.3 is 4.74 Å². The van der Waals surface area contributed by atoms with Crippen LogP contribution in [0.1, 0.15) is 47.0 Å². The van der Waals surface area contributed by atoms with E-state index in [0.29, 0.717) is 6.61 Å². The van der Waals surface area contributed by atoms with Crippen molar-refractivity contribution in [1.29, 1.82) is 0 Å². The molecule has 0 N–H and O–H groups in total. The molecular formula is C13H22O4. The highest BCUT2D eigenvalue weighted by atomic mass is 16.5. The van der Waals surface area contributed by atoms with E-state index in [0.717, 1.165) is 0 Å². The fourth-order valence-electron chi connectivity index (χ4n) is 1.39. The van der Waals surface area contributed by atoms with Crippen LogP contribution in [-0.4, -0.2) is 24.1 Å². The van der Waals surface area contributed by atoms with Crippen molar-refractivity contribution in [3.8, 4) is 0 Å². The summed E-state index contributed by atoms with van der Waals surface area (Å²) >= 11 is 0. The van der Waals surface area contributed by atoms with Gasteiger partial charge in [-0.3, -0.25) is 14.4 Å². The number of esters is 1. The molecule has 98 valence electrons. The van der Waals surface area contributed by atoms with Gasteiger partial charge in [0.1, 0.15) is 11.6 Å². The monoisotopic (exact) mass is 242 g/mol. The second kappa shape index (κ2) is 7.98. The maximum absolute atomic E-state index is 11.6. The second-order valence-electron chi connectivity index (χ2n) is 4.47. The van der Waals surface area contributed by atoms with Crippen molar-refractivity contribution in [2.75, 3.05) is 6.61 Å². The van der Waals surface area contributed by atoms with Crippen molar-refractivity contribution in [2.45, 2.75) is 47.0 Å². The van der Waals surface area contributed by atoms with E-state index in [9.17, 15) is 14.4 Å². The molecule has 0 saturated carbocycles. The van der Waals surface area contributed by atoms with Crippen molar-refractivity contribution in [3.63, 3.8) is 0 Å². The zero-order valence-electron chi connectivity index (χ0n) is 11.1. The van der Waals surface area contributed by atoms with E-state index in [-0.39, 0.29) is 36.7 Å². The minimum Gasteiger partial charge on any atom is -0.465 e. The van der Waals surface area contributed by atoms with Gasteiger partial charge in [-0.25, -0.2) is 0 Å². The lowest BCUT2D eigenvalue weighted by atomic mass is 9.92. The van der Waals surface area contributed by atoms with E-state index in [1.54, 1.807) is 13.8 Å². The number of carbonyl (C=O) groups excluding carboxylic acids is 3. The molecule has 0 amide bonds. The van der Waals surface area contributed by atoms with Crippen LogP contribution in [0, 0.1) is 11.8 Å². The molecule has 0 aliphatic carbocycles. The van der Waals surface area contributed by atoms with Crippen molar-refractivity contribution in [2.24, 2.45) is 11.8 Å². The molecule has 4 nitrogen and oxygen atoms in total. The van der Waals surface area contributed by atoms with E-state index in [2.05, 4.69) is 0 Å². The van der Waals surface area contributed by atoms with Crippen molar-refractivity contribution in [1.82, 2.24) is 0 Å². The average molecular weight is 242 g/mol. The Kier molecular flexibility index (Phi) is 7.42. The van der Waals surface area contributed by atoms with Gasteiger partial charge in [-0.2, -0.15) is 0 Å². The predicted molar refractivity (Wildman–Crippen MR) is 64.5 cm³/mol. The lowest BCUT2D eigenvalue weighted by molar-refractivity contribution is -0.150. The first-order valence-electron chi connectivity index (χ1n) is 6.13. The largest absolute Gasteiger partial charge is 0.465 e. The highest BCUT2D eigenvalue weighted by Gasteiger charge is 2.27. The van der Waals surface area contributed by atoms with Gasteiger partial charge in [-0.05, 0) is 5.92 Å². The summed E-state index contributed by atoms with van der Waals surface area (Å²) in [5.74, 6) is -1.39. The van der Waals surface area contributed by atoms with E-state index in [1.165, 1.54) is 0 Å². The summed E-state index contributed by atoms with van der Waals surface area (Å²) in [6.07, 6.45) is 0.424. The zero-order valence-corrected chi connectivity index (χ0v) is 11.1. The molecular weight excluding hydrogens is 220 g/mol. The minimum atomic E-state index is -0.815. The number of hydrogen-bond donors (Lipinski definition) is 0. The molecule has 0 spiro atoms. The molecule has 4 heteroatoms. The zero-order chi connectivity index (χ0) is 13.4. The molecule has 0 radical (unpaired) electrons. The highest BCUT2D eigenvalue weighted by Crippen LogP contribution is 2.12. The van der Waals surface area contributed by atoms with Crippen molar-refractivity contribution >= 4 is 17.5 Å². The Bertz CT molecular complexity index is 265. The molecule has 0 saturated heterocycles. The van der Waals surface area contributed by atoms with Gasteiger partial charge in [0.05, 0.1) is 18.9 Å². The summed E-state index contributed by atoms with van der Waals surface area (Å²) < 4.78 is 4.98. The number of ketones is 2. The van der Waals surface area contributed by atoms with Crippen molar-refractivity contribution in [3.05, 3.63) is 0 Å². The summed E-state index contributed by atoms with van der Waals surface area (Å²) in [5.41, 5.74) is 0. The van der Waals surface area contributed by atoms with Gasteiger partial charge in [0.25, 0.3) is 0 Å². The normalized spacial score (nSPS) is 10.7. The van der Waals surface area contributed by atoms with Gasteiger partial charge in [-0.15, -0.1) is 0 Å². The lowest BCUT2D eigenvalue weighted by Crippen LogP contribution is -2.27. The maximum Gasteiger partial charge on any atom is 0.306 e. The summed E-state index contributed by atoms with van der Waals surface area (Å²) in [6, 6.07) is 0. The van der Waals surface area contributed by atoms with Crippen LogP contribution in [0.15, 0.2) is 0 Å². The molecule has 0 aromatic rings. The third kappa shape index (κ3) is 6.19. The summed E-state index contributed by atoms with van der Waals surface area (Å²) in [7, 11) is 0.